The number of hydrogen-bond donors (Lipinski definition) is 1. The van der Waals surface area contributed by atoms with Crippen molar-refractivity contribution in [2.24, 2.45) is 23.2 Å². The van der Waals surface area contributed by atoms with Crippen molar-refractivity contribution in [1.82, 2.24) is 14.7 Å². The Morgan fingerprint density at radius 1 is 1.12 bits per heavy atom. The molecule has 0 saturated carbocycles. The number of hydrogen-bond acceptors (Lipinski definition) is 5. The van der Waals surface area contributed by atoms with Crippen molar-refractivity contribution < 1.29 is 19.5 Å². The fraction of sp³-hybridized carbons (Fsp3) is 0.794. The summed E-state index contributed by atoms with van der Waals surface area (Å²) in [5.41, 5.74) is -0.528. The molecule has 0 aromatic heterocycles. The second kappa shape index (κ2) is 12.7. The van der Waals surface area contributed by atoms with E-state index in [9.17, 15) is 14.7 Å². The zero-order chi connectivity index (χ0) is 31.8. The van der Waals surface area contributed by atoms with E-state index in [-0.39, 0.29) is 35.7 Å². The van der Waals surface area contributed by atoms with Crippen LogP contribution >= 0.6 is 11.8 Å². The van der Waals surface area contributed by atoms with E-state index in [0.717, 1.165) is 25.7 Å². The zero-order valence-corrected chi connectivity index (χ0v) is 28.6. The van der Waals surface area contributed by atoms with Gasteiger partial charge in [-0.1, -0.05) is 60.1 Å². The number of aliphatic hydroxyl groups is 1. The Morgan fingerprint density at radius 2 is 1.74 bits per heavy atom. The highest BCUT2D eigenvalue weighted by Crippen LogP contribution is 2.72. The van der Waals surface area contributed by atoms with Crippen LogP contribution in [0.2, 0.25) is 0 Å². The van der Waals surface area contributed by atoms with Gasteiger partial charge in [0.05, 0.1) is 29.2 Å². The van der Waals surface area contributed by atoms with Gasteiger partial charge in [0.15, 0.2) is 0 Å². The maximum Gasteiger partial charge on any atom is 0.247 e. The maximum absolute atomic E-state index is 15.1. The minimum atomic E-state index is -0.760. The topological polar surface area (TPSA) is 81.2 Å². The lowest BCUT2D eigenvalue weighted by Gasteiger charge is -2.47. The number of carbonyl (C=O) groups excluding carboxylic acids is 3. The van der Waals surface area contributed by atoms with Gasteiger partial charge in [-0.05, 0) is 57.8 Å². The second-order valence-electron chi connectivity index (χ2n) is 15.0. The molecule has 3 amide bonds. The number of aliphatic hydroxyl groups excluding tert-OH is 1. The highest BCUT2D eigenvalue weighted by atomic mass is 32.2. The van der Waals surface area contributed by atoms with E-state index in [1.807, 2.05) is 30.6 Å². The first-order valence-corrected chi connectivity index (χ1v) is 16.8. The molecule has 3 heterocycles. The molecule has 0 radical (unpaired) electrons. The monoisotopic (exact) mass is 603 g/mol. The summed E-state index contributed by atoms with van der Waals surface area (Å²) in [6.45, 7) is 28.0. The van der Waals surface area contributed by atoms with E-state index < -0.39 is 39.0 Å². The molecule has 8 heteroatoms. The molecule has 3 fully saturated rings. The summed E-state index contributed by atoms with van der Waals surface area (Å²) in [4.78, 5) is 49.6. The number of nitrogens with zero attached hydrogens (tertiary/aromatic N) is 3. The van der Waals surface area contributed by atoms with Crippen LogP contribution in [0.15, 0.2) is 25.3 Å². The maximum atomic E-state index is 15.1. The number of thioether (sulfide) groups is 1. The Balaban J connectivity index is 2.22. The van der Waals surface area contributed by atoms with Crippen molar-refractivity contribution in [3.63, 3.8) is 0 Å². The van der Waals surface area contributed by atoms with Gasteiger partial charge in [-0.25, -0.2) is 0 Å². The predicted molar refractivity (Wildman–Crippen MR) is 173 cm³/mol. The van der Waals surface area contributed by atoms with Gasteiger partial charge in [0.25, 0.3) is 0 Å². The van der Waals surface area contributed by atoms with E-state index in [0.29, 0.717) is 26.1 Å². The number of amides is 3. The average Bonchev–Trinajstić information content (AvgIpc) is 3.46. The number of fused-ring (bicyclic) bond motifs is 1. The molecule has 7 atom stereocenters. The molecular formula is C34H57N3O4S. The van der Waals surface area contributed by atoms with Gasteiger partial charge in [0.1, 0.15) is 6.04 Å². The lowest BCUT2D eigenvalue weighted by Crippen LogP contribution is -2.62. The fourth-order valence-corrected chi connectivity index (χ4v) is 10.7. The summed E-state index contributed by atoms with van der Waals surface area (Å²) in [5.74, 6) is -1.40. The molecular weight excluding hydrogens is 546 g/mol. The minimum Gasteiger partial charge on any atom is -0.394 e. The first-order valence-electron chi connectivity index (χ1n) is 16.0. The molecule has 3 rings (SSSR count). The molecule has 0 aromatic rings. The van der Waals surface area contributed by atoms with Gasteiger partial charge >= 0.3 is 0 Å². The molecule has 0 aliphatic carbocycles. The van der Waals surface area contributed by atoms with E-state index >= 15 is 4.79 Å². The third-order valence-electron chi connectivity index (χ3n) is 9.99. The molecule has 3 aliphatic heterocycles. The number of likely N-dealkylation sites (tertiary alicyclic amines) is 1. The summed E-state index contributed by atoms with van der Waals surface area (Å²) in [7, 11) is 0. The van der Waals surface area contributed by atoms with Crippen LogP contribution in [0.1, 0.15) is 94.4 Å². The molecule has 3 saturated heterocycles. The van der Waals surface area contributed by atoms with Crippen molar-refractivity contribution >= 4 is 29.5 Å². The number of carbonyl (C=O) groups is 3. The van der Waals surface area contributed by atoms with Gasteiger partial charge in [-0.15, -0.1) is 24.9 Å². The van der Waals surface area contributed by atoms with Gasteiger partial charge in [-0.3, -0.25) is 14.4 Å². The third kappa shape index (κ3) is 5.96. The van der Waals surface area contributed by atoms with Gasteiger partial charge in [-0.2, -0.15) is 0 Å². The van der Waals surface area contributed by atoms with Crippen LogP contribution in [0.25, 0.3) is 0 Å². The molecule has 3 aliphatic rings. The molecule has 2 bridgehead atoms. The van der Waals surface area contributed by atoms with Crippen LogP contribution in [0.5, 0.6) is 0 Å². The van der Waals surface area contributed by atoms with E-state index in [1.54, 1.807) is 28.8 Å². The highest BCUT2D eigenvalue weighted by Gasteiger charge is 2.78. The van der Waals surface area contributed by atoms with Crippen molar-refractivity contribution in [1.29, 1.82) is 0 Å². The van der Waals surface area contributed by atoms with Crippen molar-refractivity contribution in [3.05, 3.63) is 25.3 Å². The Kier molecular flexibility index (Phi) is 10.5. The summed E-state index contributed by atoms with van der Waals surface area (Å²) >= 11 is 1.70. The summed E-state index contributed by atoms with van der Waals surface area (Å²) < 4.78 is -1.17. The normalized spacial score (nSPS) is 30.2. The van der Waals surface area contributed by atoms with Crippen molar-refractivity contribution in [3.8, 4) is 0 Å². The molecule has 42 heavy (non-hydrogen) atoms. The smallest absolute Gasteiger partial charge is 0.247 e. The largest absolute Gasteiger partial charge is 0.394 e. The molecule has 0 aromatic carbocycles. The molecule has 1 spiro atoms. The minimum absolute atomic E-state index is 0.00999. The third-order valence-corrected chi connectivity index (χ3v) is 12.0. The van der Waals surface area contributed by atoms with E-state index in [4.69, 9.17) is 0 Å². The van der Waals surface area contributed by atoms with E-state index in [2.05, 4.69) is 54.7 Å². The molecule has 1 N–H and O–H groups in total. The van der Waals surface area contributed by atoms with Crippen LogP contribution in [0.4, 0.5) is 0 Å². The highest BCUT2D eigenvalue weighted by molar-refractivity contribution is 8.02. The van der Waals surface area contributed by atoms with Crippen molar-refractivity contribution in [2.75, 3.05) is 26.2 Å². The predicted octanol–water partition coefficient (Wildman–Crippen LogP) is 5.53. The number of rotatable bonds is 14. The molecule has 2 unspecified atom stereocenters. The van der Waals surface area contributed by atoms with Crippen LogP contribution in [0.3, 0.4) is 0 Å². The quantitative estimate of drug-likeness (QED) is 0.264. The first-order chi connectivity index (χ1) is 19.5. The summed E-state index contributed by atoms with van der Waals surface area (Å²) in [6, 6.07) is -1.26. The van der Waals surface area contributed by atoms with Crippen LogP contribution in [0, 0.1) is 23.2 Å². The lowest BCUT2D eigenvalue weighted by atomic mass is 9.66. The Labute approximate surface area is 259 Å². The summed E-state index contributed by atoms with van der Waals surface area (Å²) in [6.07, 6.45) is 7.31. The Hall–Kier alpha value is -1.80. The zero-order valence-electron chi connectivity index (χ0n) is 27.7. The fourth-order valence-electron chi connectivity index (χ4n) is 8.41. The average molecular weight is 604 g/mol. The van der Waals surface area contributed by atoms with Gasteiger partial charge in [0.2, 0.25) is 17.7 Å². The van der Waals surface area contributed by atoms with Crippen LogP contribution < -0.4 is 0 Å². The lowest BCUT2D eigenvalue weighted by molar-refractivity contribution is -0.151. The Morgan fingerprint density at radius 3 is 2.24 bits per heavy atom. The van der Waals surface area contributed by atoms with Crippen LogP contribution in [-0.4, -0.2) is 90.9 Å². The molecule has 238 valence electrons. The van der Waals surface area contributed by atoms with Gasteiger partial charge in [0, 0.05) is 29.9 Å². The SMILES string of the molecule is C=CCN(CCC)C(=O)[C@H]1[C@H]2C(=O)N([C@@H](CO)[C@@H](C)CC)C(C(=O)N(CC=C)C(C)(C)CC(C)(C)C)C23CC[C@]1(C)S3. The summed E-state index contributed by atoms with van der Waals surface area (Å²) in [5, 5.41) is 10.7. The van der Waals surface area contributed by atoms with Gasteiger partial charge < -0.3 is 19.8 Å². The van der Waals surface area contributed by atoms with Crippen LogP contribution in [-0.2, 0) is 14.4 Å². The van der Waals surface area contributed by atoms with E-state index in [1.165, 1.54) is 0 Å². The standard InChI is InChI=1S/C34H57N3O4S/c1-12-18-35(19-13-2)28(39)25-26-29(40)37(24(21-38)23(5)15-4)27(34(26)17-16-33(25,11)42-34)30(41)36(20-14-3)32(9,10)22-31(6,7)8/h12,14,23-27,38H,1,3,13,15-22H2,2,4-11H3/t23-,24-,25+,26-,27?,33-,34?/m0/s1. The second-order valence-corrected chi connectivity index (χ2v) is 16.9. The first kappa shape index (κ1) is 34.7. The molecule has 7 nitrogen and oxygen atoms in total. The Bertz CT molecular complexity index is 1050. The van der Waals surface area contributed by atoms with Crippen molar-refractivity contribution in [2.45, 2.75) is 122 Å².